The van der Waals surface area contributed by atoms with E-state index in [2.05, 4.69) is 0 Å². The van der Waals surface area contributed by atoms with Crippen LogP contribution in [0.1, 0.15) is 35.1 Å². The number of nitrogens with zero attached hydrogens (tertiary/aromatic N) is 1. The summed E-state index contributed by atoms with van der Waals surface area (Å²) >= 11 is 0. The Balaban J connectivity index is 0.00000324. The quantitative estimate of drug-likeness (QED) is 0.382. The highest BCUT2D eigenvalue weighted by atomic mass is 79.9. The number of benzene rings is 3. The molecular weight excluding hydrogens is 524 g/mol. The maximum Gasteiger partial charge on any atom is 0.416 e. The van der Waals surface area contributed by atoms with Gasteiger partial charge in [0.1, 0.15) is 19.1 Å². The molecule has 2 nitrogen and oxygen atoms in total. The fourth-order valence-electron chi connectivity index (χ4n) is 5.01. The van der Waals surface area contributed by atoms with Gasteiger partial charge in [0.25, 0.3) is 0 Å². The van der Waals surface area contributed by atoms with Crippen molar-refractivity contribution >= 4 is 10.8 Å². The highest BCUT2D eigenvalue weighted by molar-refractivity contribution is 5.82. The number of hydrogen-bond acceptors (Lipinski definition) is 1. The smallest absolute Gasteiger partial charge is 0.416 e. The van der Waals surface area contributed by atoms with E-state index in [-0.39, 0.29) is 52.3 Å². The van der Waals surface area contributed by atoms with Gasteiger partial charge in [0.15, 0.2) is 0 Å². The number of aliphatic hydroxyl groups excluding tert-OH is 1. The lowest BCUT2D eigenvalue weighted by Crippen LogP contribution is -3.00. The molecule has 0 aromatic heterocycles. The molecule has 184 valence electrons. The predicted octanol–water partition coefficient (Wildman–Crippen LogP) is 3.55. The normalized spacial score (nSPS) is 21.0. The third-order valence-electron chi connectivity index (χ3n) is 6.58. The van der Waals surface area contributed by atoms with Gasteiger partial charge in [0.05, 0.1) is 24.3 Å². The van der Waals surface area contributed by atoms with Crippen molar-refractivity contribution < 1.29 is 52.9 Å². The zero-order chi connectivity index (χ0) is 23.9. The molecule has 4 rings (SSSR count). The van der Waals surface area contributed by atoms with Crippen LogP contribution in [0.2, 0.25) is 0 Å². The third kappa shape index (κ3) is 5.58. The molecule has 1 aliphatic heterocycles. The van der Waals surface area contributed by atoms with E-state index in [0.29, 0.717) is 19.5 Å². The number of quaternary nitrogens is 1. The van der Waals surface area contributed by atoms with Crippen molar-refractivity contribution in [2.45, 2.75) is 44.3 Å². The Morgan fingerprint density at radius 2 is 1.35 bits per heavy atom. The summed E-state index contributed by atoms with van der Waals surface area (Å²) in [6.07, 6.45) is -8.37. The number of rotatable bonds is 5. The van der Waals surface area contributed by atoms with Crippen molar-refractivity contribution in [3.8, 4) is 0 Å². The minimum atomic E-state index is -4.89. The first kappa shape index (κ1) is 26.5. The Bertz CT molecular complexity index is 1110. The number of fused-ring (bicyclic) bond motifs is 1. The van der Waals surface area contributed by atoms with Gasteiger partial charge in [0, 0.05) is 24.0 Å². The van der Waals surface area contributed by atoms with Gasteiger partial charge in [-0.3, -0.25) is 0 Å². The average molecular weight is 548 g/mol. The molecular formula is C25H24BrF6NO. The summed E-state index contributed by atoms with van der Waals surface area (Å²) in [6, 6.07) is 15.1. The van der Waals surface area contributed by atoms with Crippen LogP contribution in [0.15, 0.2) is 60.7 Å². The van der Waals surface area contributed by atoms with Crippen molar-refractivity contribution in [2.24, 2.45) is 0 Å². The van der Waals surface area contributed by atoms with Gasteiger partial charge in [-0.1, -0.05) is 36.4 Å². The van der Waals surface area contributed by atoms with Gasteiger partial charge in [-0.05, 0) is 35.0 Å². The van der Waals surface area contributed by atoms with E-state index in [1.807, 2.05) is 42.5 Å². The summed E-state index contributed by atoms with van der Waals surface area (Å²) in [5.41, 5.74) is -1.72. The Kier molecular flexibility index (Phi) is 7.70. The van der Waals surface area contributed by atoms with E-state index in [9.17, 15) is 31.4 Å². The average Bonchev–Trinajstić information content (AvgIpc) is 3.14. The van der Waals surface area contributed by atoms with E-state index < -0.39 is 23.5 Å². The maximum atomic E-state index is 13.4. The van der Waals surface area contributed by atoms with E-state index in [4.69, 9.17) is 0 Å². The number of hydrogen-bond donors (Lipinski definition) is 1. The molecule has 0 spiro atoms. The van der Waals surface area contributed by atoms with Crippen molar-refractivity contribution in [3.63, 3.8) is 0 Å². The van der Waals surface area contributed by atoms with E-state index >= 15 is 0 Å². The van der Waals surface area contributed by atoms with E-state index in [0.717, 1.165) is 34.9 Å². The molecule has 1 N–H and O–H groups in total. The van der Waals surface area contributed by atoms with E-state index in [1.54, 1.807) is 0 Å². The van der Waals surface area contributed by atoms with Crippen LogP contribution in [0.5, 0.6) is 0 Å². The minimum absolute atomic E-state index is 0. The number of likely N-dealkylation sites (tertiary alicyclic amines) is 1. The first-order valence-corrected chi connectivity index (χ1v) is 10.7. The number of alkyl halides is 6. The maximum absolute atomic E-state index is 13.4. The molecule has 1 heterocycles. The van der Waals surface area contributed by atoms with Crippen LogP contribution in [0, 0.1) is 0 Å². The Hall–Kier alpha value is -2.10. The van der Waals surface area contributed by atoms with E-state index in [1.165, 1.54) is 0 Å². The standard InChI is InChI=1S/C25H24F6NO.BrH/c26-24(27,28)21-11-18(12-22(13-21)25(29,30)31)15-32(9-3-6-23(32)16-33)14-17-7-8-19-4-1-2-5-20(19)10-17;/h1-2,4-5,7-8,10-13,23,33H,3,6,9,14-16H2;1H/q+1;/p-1/t23-,32?;/m0./s1. The molecule has 3 aromatic rings. The van der Waals surface area contributed by atoms with Crippen LogP contribution < -0.4 is 17.0 Å². The Morgan fingerprint density at radius 3 is 1.94 bits per heavy atom. The molecule has 1 unspecified atom stereocenters. The van der Waals surface area contributed by atoms with Crippen LogP contribution in [0.4, 0.5) is 26.3 Å². The fraction of sp³-hybridized carbons (Fsp3) is 0.360. The summed E-state index contributed by atoms with van der Waals surface area (Å²) in [6.45, 7) is 0.771. The van der Waals surface area contributed by atoms with Crippen molar-refractivity contribution in [1.82, 2.24) is 0 Å². The molecule has 1 fully saturated rings. The Labute approximate surface area is 204 Å². The third-order valence-corrected chi connectivity index (χ3v) is 6.58. The van der Waals surface area contributed by atoms with Gasteiger partial charge in [-0.15, -0.1) is 0 Å². The van der Waals surface area contributed by atoms with Crippen LogP contribution in [-0.2, 0) is 25.4 Å². The topological polar surface area (TPSA) is 20.2 Å². The molecule has 0 radical (unpaired) electrons. The Morgan fingerprint density at radius 1 is 0.765 bits per heavy atom. The summed E-state index contributed by atoms with van der Waals surface area (Å²) in [4.78, 5) is 0. The van der Waals surface area contributed by atoms with Crippen molar-refractivity contribution in [2.75, 3.05) is 13.2 Å². The number of aliphatic hydroxyl groups is 1. The molecule has 0 bridgehead atoms. The zero-order valence-corrected chi connectivity index (χ0v) is 19.7. The summed E-state index contributed by atoms with van der Waals surface area (Å²) in [7, 11) is 0. The van der Waals surface area contributed by atoms with Gasteiger partial charge in [0.2, 0.25) is 0 Å². The van der Waals surface area contributed by atoms with Gasteiger partial charge in [-0.2, -0.15) is 26.3 Å². The minimum Gasteiger partial charge on any atom is -1.00 e. The largest absolute Gasteiger partial charge is 1.00 e. The highest BCUT2D eigenvalue weighted by Crippen LogP contribution is 2.39. The molecule has 3 aromatic carbocycles. The second-order valence-corrected chi connectivity index (χ2v) is 8.83. The molecule has 34 heavy (non-hydrogen) atoms. The molecule has 0 saturated carbocycles. The SMILES string of the molecule is OC[C@@H]1CCC[N+]1(Cc1cc(C(F)(F)F)cc(C(F)(F)F)c1)Cc1ccc2ccccc2c1.[Br-]. The lowest BCUT2D eigenvalue weighted by atomic mass is 10.0. The zero-order valence-electron chi connectivity index (χ0n) is 18.1. The van der Waals surface area contributed by atoms with Gasteiger partial charge < -0.3 is 26.6 Å². The summed E-state index contributed by atoms with van der Waals surface area (Å²) in [5, 5.41) is 12.1. The lowest BCUT2D eigenvalue weighted by molar-refractivity contribution is -0.964. The molecule has 0 aliphatic carbocycles. The second kappa shape index (κ2) is 9.87. The van der Waals surface area contributed by atoms with Crippen molar-refractivity contribution in [1.29, 1.82) is 0 Å². The monoisotopic (exact) mass is 547 g/mol. The van der Waals surface area contributed by atoms with Gasteiger partial charge >= 0.3 is 12.4 Å². The second-order valence-electron chi connectivity index (χ2n) is 8.83. The van der Waals surface area contributed by atoms with Crippen LogP contribution >= 0.6 is 0 Å². The molecule has 2 atom stereocenters. The first-order chi connectivity index (χ1) is 15.5. The van der Waals surface area contributed by atoms with Crippen LogP contribution in [0.25, 0.3) is 10.8 Å². The predicted molar refractivity (Wildman–Crippen MR) is 113 cm³/mol. The fourth-order valence-corrected chi connectivity index (χ4v) is 5.01. The summed E-state index contributed by atoms with van der Waals surface area (Å²) in [5.74, 6) is 0. The van der Waals surface area contributed by atoms with Gasteiger partial charge in [-0.25, -0.2) is 0 Å². The molecule has 1 aliphatic rings. The van der Waals surface area contributed by atoms with Crippen molar-refractivity contribution in [3.05, 3.63) is 82.9 Å². The first-order valence-electron chi connectivity index (χ1n) is 10.7. The van der Waals surface area contributed by atoms with Crippen LogP contribution in [-0.4, -0.2) is 28.8 Å². The summed E-state index contributed by atoms with van der Waals surface area (Å²) < 4.78 is 80.4. The molecule has 0 amide bonds. The lowest BCUT2D eigenvalue weighted by Gasteiger charge is -2.40. The van der Waals surface area contributed by atoms with Crippen LogP contribution in [0.3, 0.4) is 0 Å². The number of halogens is 7. The molecule has 9 heteroatoms. The molecule has 1 saturated heterocycles. The highest BCUT2D eigenvalue weighted by Gasteiger charge is 2.43.